The molecule has 0 aromatic carbocycles. The Labute approximate surface area is 126 Å². The van der Waals surface area contributed by atoms with E-state index in [1.54, 1.807) is 0 Å². The maximum Gasteiger partial charge on any atom is 0.345 e. The first-order valence-electron chi connectivity index (χ1n) is 7.77. The van der Waals surface area contributed by atoms with Gasteiger partial charge in [-0.25, -0.2) is 9.48 Å². The molecule has 1 fully saturated rings. The van der Waals surface area contributed by atoms with Crippen LogP contribution in [0.3, 0.4) is 0 Å². The smallest absolute Gasteiger partial charge is 0.345 e. The lowest BCUT2D eigenvalue weighted by atomic mass is 10.1. The van der Waals surface area contributed by atoms with Crippen molar-refractivity contribution in [1.29, 1.82) is 0 Å². The zero-order chi connectivity index (χ0) is 15.4. The Bertz CT molecular complexity index is 490. The lowest BCUT2D eigenvalue weighted by Gasteiger charge is -2.16. The first kappa shape index (κ1) is 15.7. The van der Waals surface area contributed by atoms with Gasteiger partial charge in [0, 0.05) is 13.6 Å². The number of anilines is 2. The van der Waals surface area contributed by atoms with Gasteiger partial charge in [0.1, 0.15) is 11.4 Å². The molecule has 118 valence electrons. The summed E-state index contributed by atoms with van der Waals surface area (Å²) in [5, 5.41) is 4.63. The van der Waals surface area contributed by atoms with Crippen LogP contribution in [0.5, 0.6) is 0 Å². The van der Waals surface area contributed by atoms with Gasteiger partial charge >= 0.3 is 5.97 Å². The van der Waals surface area contributed by atoms with Gasteiger partial charge in [0.05, 0.1) is 13.2 Å². The van der Waals surface area contributed by atoms with Gasteiger partial charge in [-0.1, -0.05) is 25.7 Å². The molecule has 1 aromatic rings. The van der Waals surface area contributed by atoms with Crippen molar-refractivity contribution in [3.05, 3.63) is 5.56 Å². The van der Waals surface area contributed by atoms with Crippen molar-refractivity contribution in [2.75, 3.05) is 31.3 Å². The highest BCUT2D eigenvalue weighted by Crippen LogP contribution is 2.33. The van der Waals surface area contributed by atoms with Gasteiger partial charge in [0.15, 0.2) is 5.82 Å². The highest BCUT2D eigenvalue weighted by molar-refractivity contribution is 5.99. The van der Waals surface area contributed by atoms with E-state index in [2.05, 4.69) is 5.10 Å². The van der Waals surface area contributed by atoms with Crippen LogP contribution in [0.2, 0.25) is 0 Å². The normalized spacial score (nSPS) is 16.5. The molecule has 0 saturated heterocycles. The number of hydrogen-bond acceptors (Lipinski definition) is 5. The SMILES string of the molecule is CCN(C)c1nn(C2CCCCCC2)c(N)c1C(=O)OC. The molecule has 1 heterocycles. The molecule has 2 N–H and O–H groups in total. The van der Waals surface area contributed by atoms with Crippen molar-refractivity contribution in [3.63, 3.8) is 0 Å². The molecular formula is C15H26N4O2. The number of carbonyl (C=O) groups excluding carboxylic acids is 1. The first-order valence-corrected chi connectivity index (χ1v) is 7.77. The molecule has 0 radical (unpaired) electrons. The topological polar surface area (TPSA) is 73.4 Å². The minimum absolute atomic E-state index is 0.287. The van der Waals surface area contributed by atoms with Crippen LogP contribution in [-0.4, -0.2) is 36.5 Å². The molecule has 6 heteroatoms. The van der Waals surface area contributed by atoms with Crippen molar-refractivity contribution >= 4 is 17.6 Å². The number of ether oxygens (including phenoxy) is 1. The predicted octanol–water partition coefficient (Wildman–Crippen LogP) is 2.60. The summed E-state index contributed by atoms with van der Waals surface area (Å²) in [5.41, 5.74) is 6.62. The number of nitrogens with two attached hydrogens (primary N) is 1. The third-order valence-corrected chi connectivity index (χ3v) is 4.33. The van der Waals surface area contributed by atoms with E-state index in [1.165, 1.54) is 32.8 Å². The van der Waals surface area contributed by atoms with E-state index in [4.69, 9.17) is 10.5 Å². The Morgan fingerprint density at radius 1 is 1.38 bits per heavy atom. The van der Waals surface area contributed by atoms with Crippen LogP contribution in [0.15, 0.2) is 0 Å². The molecule has 6 nitrogen and oxygen atoms in total. The zero-order valence-electron chi connectivity index (χ0n) is 13.3. The number of nitrogens with zero attached hydrogens (tertiary/aromatic N) is 3. The summed E-state index contributed by atoms with van der Waals surface area (Å²) >= 11 is 0. The van der Waals surface area contributed by atoms with Gasteiger partial charge in [-0.3, -0.25) is 0 Å². The lowest BCUT2D eigenvalue weighted by Crippen LogP contribution is -2.19. The van der Waals surface area contributed by atoms with E-state index < -0.39 is 5.97 Å². The van der Waals surface area contributed by atoms with Crippen LogP contribution < -0.4 is 10.6 Å². The van der Waals surface area contributed by atoms with E-state index in [1.807, 2.05) is 23.6 Å². The molecule has 1 aliphatic carbocycles. The van der Waals surface area contributed by atoms with E-state index in [0.717, 1.165) is 19.4 Å². The number of methoxy groups -OCH3 is 1. The molecule has 0 spiro atoms. The molecular weight excluding hydrogens is 268 g/mol. The second-order valence-electron chi connectivity index (χ2n) is 5.68. The summed E-state index contributed by atoms with van der Waals surface area (Å²) in [6, 6.07) is 0.287. The fraction of sp³-hybridized carbons (Fsp3) is 0.733. The highest BCUT2D eigenvalue weighted by Gasteiger charge is 2.28. The maximum absolute atomic E-state index is 12.1. The van der Waals surface area contributed by atoms with Gasteiger partial charge in [-0.15, -0.1) is 0 Å². The maximum atomic E-state index is 12.1. The van der Waals surface area contributed by atoms with Crippen molar-refractivity contribution < 1.29 is 9.53 Å². The molecule has 0 unspecified atom stereocenters. The predicted molar refractivity (Wildman–Crippen MR) is 83.7 cm³/mol. The number of aromatic nitrogens is 2. The van der Waals surface area contributed by atoms with Crippen molar-refractivity contribution in [1.82, 2.24) is 9.78 Å². The molecule has 21 heavy (non-hydrogen) atoms. The summed E-state index contributed by atoms with van der Waals surface area (Å²) in [7, 11) is 3.28. The fourth-order valence-corrected chi connectivity index (χ4v) is 2.93. The highest BCUT2D eigenvalue weighted by atomic mass is 16.5. The van der Waals surface area contributed by atoms with Crippen molar-refractivity contribution in [3.8, 4) is 0 Å². The lowest BCUT2D eigenvalue weighted by molar-refractivity contribution is 0.0602. The Kier molecular flexibility index (Phi) is 5.09. The standard InChI is InChI=1S/C15H26N4O2/c1-4-18(2)14-12(15(20)21-3)13(16)19(17-14)11-9-7-5-6-8-10-11/h11H,4-10,16H2,1-3H3. The number of carbonyl (C=O) groups is 1. The van der Waals surface area contributed by atoms with Crippen molar-refractivity contribution in [2.24, 2.45) is 0 Å². The van der Waals surface area contributed by atoms with Gasteiger partial charge in [-0.2, -0.15) is 5.10 Å². The number of esters is 1. The molecule has 1 aliphatic rings. The fourth-order valence-electron chi connectivity index (χ4n) is 2.93. The van der Waals surface area contributed by atoms with Crippen LogP contribution in [0.4, 0.5) is 11.6 Å². The van der Waals surface area contributed by atoms with Gasteiger partial charge in [-0.05, 0) is 19.8 Å². The van der Waals surface area contributed by atoms with Crippen molar-refractivity contribution in [2.45, 2.75) is 51.5 Å². The van der Waals surface area contributed by atoms with Crippen LogP contribution >= 0.6 is 0 Å². The first-order chi connectivity index (χ1) is 10.1. The minimum Gasteiger partial charge on any atom is -0.465 e. The molecule has 1 aromatic heterocycles. The Morgan fingerprint density at radius 3 is 2.52 bits per heavy atom. The summed E-state index contributed by atoms with van der Waals surface area (Å²) in [6.07, 6.45) is 7.06. The molecule has 0 atom stereocenters. The minimum atomic E-state index is -0.414. The van der Waals surface area contributed by atoms with Crippen LogP contribution in [-0.2, 0) is 4.74 Å². The van der Waals surface area contributed by atoms with Crippen LogP contribution in [0, 0.1) is 0 Å². The van der Waals surface area contributed by atoms with E-state index in [-0.39, 0.29) is 6.04 Å². The van der Waals surface area contributed by atoms with Crippen LogP contribution in [0.1, 0.15) is 61.8 Å². The molecule has 0 amide bonds. The van der Waals surface area contributed by atoms with E-state index >= 15 is 0 Å². The molecule has 0 bridgehead atoms. The second-order valence-corrected chi connectivity index (χ2v) is 5.68. The number of nitrogen functional groups attached to an aromatic ring is 1. The van der Waals surface area contributed by atoms with Gasteiger partial charge in [0.25, 0.3) is 0 Å². The zero-order valence-corrected chi connectivity index (χ0v) is 13.3. The Hall–Kier alpha value is -1.72. The summed E-state index contributed by atoms with van der Waals surface area (Å²) in [6.45, 7) is 2.77. The number of hydrogen-bond donors (Lipinski definition) is 1. The van der Waals surface area contributed by atoms with Gasteiger partial charge in [0.2, 0.25) is 0 Å². The Morgan fingerprint density at radius 2 is 2.00 bits per heavy atom. The third kappa shape index (κ3) is 3.14. The molecule has 0 aliphatic heterocycles. The summed E-state index contributed by atoms with van der Waals surface area (Å²) in [4.78, 5) is 14.0. The summed E-state index contributed by atoms with van der Waals surface area (Å²) < 4.78 is 6.73. The van der Waals surface area contributed by atoms with Gasteiger partial charge < -0.3 is 15.4 Å². The average Bonchev–Trinajstić information content (AvgIpc) is 2.69. The quantitative estimate of drug-likeness (QED) is 0.682. The summed E-state index contributed by atoms with van der Waals surface area (Å²) in [5.74, 6) is 0.637. The van der Waals surface area contributed by atoms with Crippen LogP contribution in [0.25, 0.3) is 0 Å². The molecule has 2 rings (SSSR count). The van der Waals surface area contributed by atoms with E-state index in [9.17, 15) is 4.79 Å². The third-order valence-electron chi connectivity index (χ3n) is 4.33. The number of rotatable bonds is 4. The van der Waals surface area contributed by atoms with E-state index in [0.29, 0.717) is 17.2 Å². The monoisotopic (exact) mass is 294 g/mol. The largest absolute Gasteiger partial charge is 0.465 e. The second kappa shape index (κ2) is 6.83. The Balaban J connectivity index is 2.42. The molecule has 1 saturated carbocycles. The average molecular weight is 294 g/mol.